The van der Waals surface area contributed by atoms with Gasteiger partial charge in [-0.3, -0.25) is 19.7 Å². The molecule has 4 heterocycles. The fourth-order valence-corrected chi connectivity index (χ4v) is 5.84. The average molecular weight is 519 g/mol. The van der Waals surface area contributed by atoms with Crippen molar-refractivity contribution in [3.8, 4) is 11.1 Å². The van der Waals surface area contributed by atoms with Crippen LogP contribution in [0.2, 0.25) is 0 Å². The molecule has 1 fully saturated rings. The minimum atomic E-state index is 0.0284. The van der Waals surface area contributed by atoms with E-state index in [4.69, 9.17) is 4.98 Å². The molecular formula is C32H34N6O. The summed E-state index contributed by atoms with van der Waals surface area (Å²) in [7, 11) is 2.07. The predicted octanol–water partition coefficient (Wildman–Crippen LogP) is 6.23. The third-order valence-electron chi connectivity index (χ3n) is 7.96. The first-order valence-electron chi connectivity index (χ1n) is 13.7. The largest absolute Gasteiger partial charge is 0.378 e. The van der Waals surface area contributed by atoms with Gasteiger partial charge in [0.1, 0.15) is 0 Å². The summed E-state index contributed by atoms with van der Waals surface area (Å²) in [6.07, 6.45) is 11.2. The Bertz CT molecular complexity index is 1620. The number of aryl methyl sites for hydroxylation is 1. The van der Waals surface area contributed by atoms with Crippen LogP contribution in [0.25, 0.3) is 33.1 Å². The van der Waals surface area contributed by atoms with Crippen molar-refractivity contribution in [3.63, 3.8) is 0 Å². The number of likely N-dealkylation sites (tertiary alicyclic amines) is 1. The van der Waals surface area contributed by atoms with Crippen LogP contribution in [0, 0.1) is 11.8 Å². The van der Waals surface area contributed by atoms with Gasteiger partial charge in [-0.05, 0) is 65.6 Å². The van der Waals surface area contributed by atoms with E-state index in [0.29, 0.717) is 5.92 Å². The number of nitrogens with zero attached hydrogens (tertiary/aromatic N) is 5. The third kappa shape index (κ3) is 4.97. The number of aromatic nitrogens is 4. The van der Waals surface area contributed by atoms with Gasteiger partial charge >= 0.3 is 0 Å². The maximum atomic E-state index is 12.6. The second kappa shape index (κ2) is 10.5. The van der Waals surface area contributed by atoms with Crippen LogP contribution < -0.4 is 5.32 Å². The topological polar surface area (TPSA) is 75.9 Å². The van der Waals surface area contributed by atoms with E-state index in [1.807, 2.05) is 37.2 Å². The highest BCUT2D eigenvalue weighted by atomic mass is 16.2. The lowest BCUT2D eigenvalue weighted by molar-refractivity contribution is -0.135. The average Bonchev–Trinajstić information content (AvgIpc) is 3.35. The zero-order valence-electron chi connectivity index (χ0n) is 22.7. The van der Waals surface area contributed by atoms with Crippen molar-refractivity contribution < 1.29 is 4.79 Å². The lowest BCUT2D eigenvalue weighted by Crippen LogP contribution is -2.42. The molecule has 1 N–H and O–H groups in total. The number of rotatable bonds is 6. The zero-order valence-corrected chi connectivity index (χ0v) is 22.7. The molecule has 6 rings (SSSR count). The molecule has 1 aliphatic heterocycles. The van der Waals surface area contributed by atoms with Crippen LogP contribution in [0.1, 0.15) is 38.3 Å². The Kier molecular flexibility index (Phi) is 6.73. The molecule has 5 aromatic rings. The predicted molar refractivity (Wildman–Crippen MR) is 156 cm³/mol. The number of nitrogens with one attached hydrogen (secondary N) is 1. The summed E-state index contributed by atoms with van der Waals surface area (Å²) in [5.74, 6) is 0.638. The number of carbonyl (C=O) groups excluding carboxylic acids is 1. The third-order valence-corrected chi connectivity index (χ3v) is 7.96. The molecule has 0 spiro atoms. The van der Waals surface area contributed by atoms with Crippen LogP contribution in [0.5, 0.6) is 0 Å². The first-order chi connectivity index (χ1) is 19.0. The van der Waals surface area contributed by atoms with E-state index in [1.54, 1.807) is 12.4 Å². The van der Waals surface area contributed by atoms with E-state index < -0.39 is 0 Å². The quantitative estimate of drug-likeness (QED) is 0.288. The van der Waals surface area contributed by atoms with Gasteiger partial charge in [-0.1, -0.05) is 32.0 Å². The van der Waals surface area contributed by atoms with Crippen LogP contribution in [-0.2, 0) is 11.8 Å². The lowest BCUT2D eigenvalue weighted by atomic mass is 9.85. The molecule has 2 aromatic carbocycles. The van der Waals surface area contributed by atoms with Gasteiger partial charge < -0.3 is 14.8 Å². The second-order valence-electron chi connectivity index (χ2n) is 10.9. The summed E-state index contributed by atoms with van der Waals surface area (Å²) < 4.78 is 2.14. The Morgan fingerprint density at radius 1 is 1.00 bits per heavy atom. The van der Waals surface area contributed by atoms with E-state index in [2.05, 4.69) is 75.6 Å². The van der Waals surface area contributed by atoms with Crippen molar-refractivity contribution in [1.82, 2.24) is 24.4 Å². The number of hydrogen-bond acceptors (Lipinski definition) is 5. The Balaban J connectivity index is 1.37. The van der Waals surface area contributed by atoms with Crippen molar-refractivity contribution in [2.75, 3.05) is 18.4 Å². The van der Waals surface area contributed by atoms with Crippen LogP contribution in [-0.4, -0.2) is 43.4 Å². The Hall–Kier alpha value is -4.26. The summed E-state index contributed by atoms with van der Waals surface area (Å²) in [6.45, 7) is 5.52. The molecule has 3 aromatic heterocycles. The Morgan fingerprint density at radius 2 is 1.82 bits per heavy atom. The molecule has 1 aliphatic rings. The summed E-state index contributed by atoms with van der Waals surface area (Å²) in [4.78, 5) is 28.4. The monoisotopic (exact) mass is 518 g/mol. The smallest absolute Gasteiger partial charge is 0.225 e. The first-order valence-corrected chi connectivity index (χ1v) is 13.7. The van der Waals surface area contributed by atoms with Crippen molar-refractivity contribution in [3.05, 3.63) is 85.1 Å². The number of amides is 1. The number of piperidine rings is 1. The molecule has 39 heavy (non-hydrogen) atoms. The maximum Gasteiger partial charge on any atom is 0.225 e. The maximum absolute atomic E-state index is 12.6. The van der Waals surface area contributed by atoms with E-state index in [-0.39, 0.29) is 17.9 Å². The van der Waals surface area contributed by atoms with E-state index in [1.165, 1.54) is 10.9 Å². The molecule has 0 aliphatic carbocycles. The van der Waals surface area contributed by atoms with Crippen LogP contribution >= 0.6 is 0 Å². The van der Waals surface area contributed by atoms with E-state index in [9.17, 15) is 4.79 Å². The van der Waals surface area contributed by atoms with Crippen LogP contribution in [0.4, 0.5) is 5.69 Å². The van der Waals surface area contributed by atoms with Gasteiger partial charge in [0.2, 0.25) is 5.91 Å². The highest BCUT2D eigenvalue weighted by Crippen LogP contribution is 2.37. The highest BCUT2D eigenvalue weighted by molar-refractivity contribution is 5.97. The van der Waals surface area contributed by atoms with Gasteiger partial charge in [-0.2, -0.15) is 0 Å². The van der Waals surface area contributed by atoms with E-state index in [0.717, 1.165) is 59.3 Å². The number of carbonyl (C=O) groups is 1. The van der Waals surface area contributed by atoms with Gasteiger partial charge in [-0.15, -0.1) is 0 Å². The summed E-state index contributed by atoms with van der Waals surface area (Å²) >= 11 is 0. The lowest BCUT2D eigenvalue weighted by Gasteiger charge is -2.37. The number of anilines is 1. The summed E-state index contributed by atoms with van der Waals surface area (Å²) in [5.41, 5.74) is 7.22. The minimum Gasteiger partial charge on any atom is -0.378 e. The molecule has 1 unspecified atom stereocenters. The number of hydrogen-bond donors (Lipinski definition) is 1. The van der Waals surface area contributed by atoms with Gasteiger partial charge in [0.05, 0.1) is 17.1 Å². The Morgan fingerprint density at radius 3 is 2.59 bits per heavy atom. The molecule has 7 heteroatoms. The first kappa shape index (κ1) is 25.0. The fourth-order valence-electron chi connectivity index (χ4n) is 5.84. The molecule has 7 nitrogen and oxygen atoms in total. The Labute approximate surface area is 228 Å². The van der Waals surface area contributed by atoms with Crippen LogP contribution in [0.15, 0.2) is 79.5 Å². The minimum absolute atomic E-state index is 0.0284. The molecule has 0 saturated carbocycles. The summed E-state index contributed by atoms with van der Waals surface area (Å²) in [5, 5.41) is 5.07. The van der Waals surface area contributed by atoms with Crippen molar-refractivity contribution >= 4 is 33.5 Å². The van der Waals surface area contributed by atoms with Crippen molar-refractivity contribution in [2.45, 2.75) is 32.7 Å². The van der Waals surface area contributed by atoms with Crippen LogP contribution in [0.3, 0.4) is 0 Å². The molecule has 1 amide bonds. The van der Waals surface area contributed by atoms with Crippen molar-refractivity contribution in [2.24, 2.45) is 18.9 Å². The number of pyridine rings is 1. The molecule has 0 radical (unpaired) electrons. The fraction of sp³-hybridized carbons (Fsp3) is 0.312. The van der Waals surface area contributed by atoms with Gasteiger partial charge in [-0.25, -0.2) is 0 Å². The van der Waals surface area contributed by atoms with Gasteiger partial charge in [0, 0.05) is 73.8 Å². The summed E-state index contributed by atoms with van der Waals surface area (Å²) in [6, 6.07) is 17.2. The normalized spacial score (nSPS) is 15.2. The highest BCUT2D eigenvalue weighted by Gasteiger charge is 2.30. The molecular weight excluding hydrogens is 484 g/mol. The van der Waals surface area contributed by atoms with Crippen molar-refractivity contribution in [1.29, 1.82) is 0 Å². The SMILES string of the molecule is CC(C)C(=O)N1CCC(C(Nc2cc(-c3ccc4ccn(C)c4c3)c3nccnc3c2)c2cccnc2)CC1. The van der Waals surface area contributed by atoms with E-state index >= 15 is 0 Å². The standard InChI is InChI=1S/C32H34N6O/c1-21(2)32(39)38-15-9-23(10-16-38)30(25-5-4-11-33-20-25)36-26-18-27(31-28(19-26)34-12-13-35-31)24-7-6-22-8-14-37(3)29(22)17-24/h4-8,11-14,17-21,23,30,36H,9-10,15-16H2,1-3H3. The second-order valence-corrected chi connectivity index (χ2v) is 10.9. The number of benzene rings is 2. The zero-order chi connectivity index (χ0) is 26.9. The number of fused-ring (bicyclic) bond motifs is 2. The van der Waals surface area contributed by atoms with Gasteiger partial charge in [0.15, 0.2) is 0 Å². The van der Waals surface area contributed by atoms with Gasteiger partial charge in [0.25, 0.3) is 0 Å². The molecule has 1 atom stereocenters. The molecule has 198 valence electrons. The molecule has 1 saturated heterocycles. The molecule has 0 bridgehead atoms.